The number of aryl methyl sites for hydroxylation is 1. The summed E-state index contributed by atoms with van der Waals surface area (Å²) >= 11 is 3.55. The summed E-state index contributed by atoms with van der Waals surface area (Å²) < 4.78 is 1.19. The van der Waals surface area contributed by atoms with Crippen LogP contribution in [0.15, 0.2) is 34.8 Å². The fourth-order valence-corrected chi connectivity index (χ4v) is 2.68. The first-order chi connectivity index (χ1) is 9.19. The smallest absolute Gasteiger partial charge is 0.0637 e. The van der Waals surface area contributed by atoms with E-state index >= 15 is 0 Å². The van der Waals surface area contributed by atoms with Crippen LogP contribution in [0.5, 0.6) is 0 Å². The first-order valence-electron chi connectivity index (χ1n) is 7.04. The lowest BCUT2D eigenvalue weighted by atomic mass is 9.88. The van der Waals surface area contributed by atoms with Crippen LogP contribution in [0.4, 0.5) is 0 Å². The Morgan fingerprint density at radius 1 is 1.26 bits per heavy atom. The van der Waals surface area contributed by atoms with Crippen molar-refractivity contribution >= 4 is 15.9 Å². The predicted molar refractivity (Wildman–Crippen MR) is 83.2 cm³/mol. The maximum Gasteiger partial charge on any atom is 0.0637 e. The Morgan fingerprint density at radius 3 is 2.68 bits per heavy atom. The van der Waals surface area contributed by atoms with Gasteiger partial charge in [0.15, 0.2) is 0 Å². The van der Waals surface area contributed by atoms with Gasteiger partial charge in [0.2, 0.25) is 0 Å². The number of hydrogen-bond acceptors (Lipinski definition) is 2. The zero-order valence-electron chi connectivity index (χ0n) is 11.6. The Hall–Kier alpha value is -0.960. The average Bonchev–Trinajstić information content (AvgIpc) is 2.57. The highest BCUT2D eigenvalue weighted by molar-refractivity contribution is 9.11. The van der Waals surface area contributed by atoms with Gasteiger partial charge < -0.3 is 0 Å². The van der Waals surface area contributed by atoms with Gasteiger partial charge in [-0.2, -0.15) is 10.2 Å². The van der Waals surface area contributed by atoms with Gasteiger partial charge in [-0.15, -0.1) is 0 Å². The van der Waals surface area contributed by atoms with Crippen LogP contribution < -0.4 is 0 Å². The fraction of sp³-hybridized carbons (Fsp3) is 0.500. The van der Waals surface area contributed by atoms with Crippen molar-refractivity contribution < 1.29 is 0 Å². The first kappa shape index (κ1) is 14.4. The number of aromatic nitrogens is 2. The van der Waals surface area contributed by atoms with Crippen LogP contribution in [-0.4, -0.2) is 10.2 Å². The van der Waals surface area contributed by atoms with Crippen molar-refractivity contribution in [1.29, 1.82) is 0 Å². The summed E-state index contributed by atoms with van der Waals surface area (Å²) in [5.41, 5.74) is 2.19. The Balaban J connectivity index is 2.02. The van der Waals surface area contributed by atoms with E-state index in [0.717, 1.165) is 37.1 Å². The molecule has 2 atom stereocenters. The molecule has 0 aromatic carbocycles. The SMILES string of the molecule is CCCc1ccc(CC2C=CC(Br)=CCC2C)nn1. The molecular weight excluding hydrogens is 300 g/mol. The number of hydrogen-bond donors (Lipinski definition) is 0. The molecule has 2 nitrogen and oxygen atoms in total. The Bertz CT molecular complexity index is 462. The van der Waals surface area contributed by atoms with E-state index in [0.29, 0.717) is 11.8 Å². The molecule has 102 valence electrons. The van der Waals surface area contributed by atoms with Gasteiger partial charge in [0, 0.05) is 4.48 Å². The summed E-state index contributed by atoms with van der Waals surface area (Å²) in [6.07, 6.45) is 10.9. The van der Waals surface area contributed by atoms with Crippen LogP contribution in [0.3, 0.4) is 0 Å². The number of allylic oxidation sites excluding steroid dienone is 4. The molecule has 0 N–H and O–H groups in total. The summed E-state index contributed by atoms with van der Waals surface area (Å²) in [4.78, 5) is 0. The summed E-state index contributed by atoms with van der Waals surface area (Å²) in [6, 6.07) is 4.25. The number of rotatable bonds is 4. The number of nitrogens with zero attached hydrogens (tertiary/aromatic N) is 2. The van der Waals surface area contributed by atoms with Crippen molar-refractivity contribution in [1.82, 2.24) is 10.2 Å². The quantitative estimate of drug-likeness (QED) is 0.818. The van der Waals surface area contributed by atoms with Crippen molar-refractivity contribution in [2.45, 2.75) is 39.5 Å². The van der Waals surface area contributed by atoms with Crippen molar-refractivity contribution in [3.63, 3.8) is 0 Å². The summed E-state index contributed by atoms with van der Waals surface area (Å²) in [5, 5.41) is 8.66. The van der Waals surface area contributed by atoms with Crippen molar-refractivity contribution in [2.75, 3.05) is 0 Å². The molecule has 2 unspecified atom stereocenters. The lowest BCUT2D eigenvalue weighted by Gasteiger charge is -2.18. The normalized spacial score (nSPS) is 23.0. The van der Waals surface area contributed by atoms with Gasteiger partial charge in [-0.1, -0.05) is 54.4 Å². The topological polar surface area (TPSA) is 25.8 Å². The minimum atomic E-state index is 0.539. The largest absolute Gasteiger partial charge is 0.155 e. The van der Waals surface area contributed by atoms with Crippen LogP contribution >= 0.6 is 15.9 Å². The van der Waals surface area contributed by atoms with E-state index in [1.807, 2.05) is 0 Å². The highest BCUT2D eigenvalue weighted by atomic mass is 79.9. The van der Waals surface area contributed by atoms with Gasteiger partial charge in [-0.25, -0.2) is 0 Å². The Labute approximate surface area is 124 Å². The van der Waals surface area contributed by atoms with Crippen LogP contribution in [0.2, 0.25) is 0 Å². The van der Waals surface area contributed by atoms with Crippen LogP contribution in [0.25, 0.3) is 0 Å². The molecule has 0 bridgehead atoms. The highest BCUT2D eigenvalue weighted by Gasteiger charge is 2.17. The molecule has 0 aliphatic heterocycles. The average molecular weight is 321 g/mol. The lowest BCUT2D eigenvalue weighted by Crippen LogP contribution is -2.12. The zero-order valence-corrected chi connectivity index (χ0v) is 13.2. The van der Waals surface area contributed by atoms with Crippen LogP contribution in [-0.2, 0) is 12.8 Å². The summed E-state index contributed by atoms with van der Waals surface area (Å²) in [5.74, 6) is 1.18. The number of halogens is 1. The minimum Gasteiger partial charge on any atom is -0.155 e. The standard InChI is InChI=1S/C16H21BrN2/c1-3-4-15-9-10-16(19-18-15)11-13-6-8-14(17)7-5-12(13)2/h6-10,12-13H,3-5,11H2,1-2H3. The Kier molecular flexibility index (Phi) is 5.32. The molecular formula is C16H21BrN2. The second-order valence-electron chi connectivity index (χ2n) is 5.30. The van der Waals surface area contributed by atoms with Gasteiger partial charge >= 0.3 is 0 Å². The van der Waals surface area contributed by atoms with Crippen molar-refractivity contribution in [3.05, 3.63) is 46.2 Å². The summed E-state index contributed by atoms with van der Waals surface area (Å²) in [7, 11) is 0. The van der Waals surface area contributed by atoms with Gasteiger partial charge in [0.05, 0.1) is 11.4 Å². The second-order valence-corrected chi connectivity index (χ2v) is 6.21. The molecule has 0 saturated heterocycles. The van der Waals surface area contributed by atoms with E-state index in [1.54, 1.807) is 0 Å². The maximum absolute atomic E-state index is 4.36. The molecule has 2 rings (SSSR count). The molecule has 0 amide bonds. The molecule has 3 heteroatoms. The van der Waals surface area contributed by atoms with Gasteiger partial charge in [0.1, 0.15) is 0 Å². The Morgan fingerprint density at radius 2 is 2.00 bits per heavy atom. The fourth-order valence-electron chi connectivity index (χ4n) is 2.34. The molecule has 0 spiro atoms. The van der Waals surface area contributed by atoms with Crippen LogP contribution in [0.1, 0.15) is 38.1 Å². The van der Waals surface area contributed by atoms with Crippen molar-refractivity contribution in [2.24, 2.45) is 11.8 Å². The maximum atomic E-state index is 4.36. The molecule has 1 aliphatic carbocycles. The third kappa shape index (κ3) is 4.27. The molecule has 19 heavy (non-hydrogen) atoms. The summed E-state index contributed by atoms with van der Waals surface area (Å²) in [6.45, 7) is 4.47. The van der Waals surface area contributed by atoms with E-state index in [1.165, 1.54) is 4.48 Å². The molecule has 1 aliphatic rings. The molecule has 1 aromatic heterocycles. The van der Waals surface area contributed by atoms with E-state index < -0.39 is 0 Å². The first-order valence-corrected chi connectivity index (χ1v) is 7.83. The van der Waals surface area contributed by atoms with Gasteiger partial charge in [-0.05, 0) is 43.2 Å². The van der Waals surface area contributed by atoms with E-state index in [-0.39, 0.29) is 0 Å². The van der Waals surface area contributed by atoms with E-state index in [4.69, 9.17) is 0 Å². The van der Waals surface area contributed by atoms with E-state index in [9.17, 15) is 0 Å². The van der Waals surface area contributed by atoms with Crippen LogP contribution in [0, 0.1) is 11.8 Å². The molecule has 0 radical (unpaired) electrons. The second kappa shape index (κ2) is 6.99. The third-order valence-corrected chi connectivity index (χ3v) is 4.23. The van der Waals surface area contributed by atoms with E-state index in [2.05, 4.69) is 70.3 Å². The van der Waals surface area contributed by atoms with Gasteiger partial charge in [0.25, 0.3) is 0 Å². The molecule has 1 aromatic rings. The van der Waals surface area contributed by atoms with Gasteiger partial charge in [-0.3, -0.25) is 0 Å². The highest BCUT2D eigenvalue weighted by Crippen LogP contribution is 2.27. The lowest BCUT2D eigenvalue weighted by molar-refractivity contribution is 0.428. The molecule has 0 fully saturated rings. The predicted octanol–water partition coefficient (Wildman–Crippen LogP) is 4.46. The molecule has 0 saturated carbocycles. The molecule has 1 heterocycles. The zero-order chi connectivity index (χ0) is 13.7. The van der Waals surface area contributed by atoms with Crippen molar-refractivity contribution in [3.8, 4) is 0 Å². The monoisotopic (exact) mass is 320 g/mol. The third-order valence-electron chi connectivity index (χ3n) is 3.64. The minimum absolute atomic E-state index is 0.539.